The van der Waals surface area contributed by atoms with Gasteiger partial charge in [-0.25, -0.2) is 4.98 Å². The number of hydrogen-bond acceptors (Lipinski definition) is 4. The Balaban J connectivity index is 1.90. The molecular weight excluding hydrogens is 278 g/mol. The molecule has 0 aliphatic heterocycles. The zero-order valence-electron chi connectivity index (χ0n) is 13.1. The number of nitrogens with zero attached hydrogens (tertiary/aromatic N) is 2. The van der Waals surface area contributed by atoms with Crippen LogP contribution in [0.3, 0.4) is 0 Å². The first-order valence-corrected chi connectivity index (χ1v) is 8.65. The van der Waals surface area contributed by atoms with Crippen LogP contribution in [0.15, 0.2) is 12.1 Å². The number of thiazole rings is 1. The summed E-state index contributed by atoms with van der Waals surface area (Å²) in [7, 11) is 0. The summed E-state index contributed by atoms with van der Waals surface area (Å²) in [6, 6.07) is 4.29. The molecule has 3 rings (SSSR count). The van der Waals surface area contributed by atoms with E-state index in [9.17, 15) is 0 Å². The van der Waals surface area contributed by atoms with E-state index in [-0.39, 0.29) is 0 Å². The van der Waals surface area contributed by atoms with E-state index in [1.807, 2.05) is 11.3 Å². The van der Waals surface area contributed by atoms with Gasteiger partial charge in [-0.05, 0) is 51.8 Å². The lowest BCUT2D eigenvalue weighted by Gasteiger charge is -2.02. The fourth-order valence-corrected chi connectivity index (χ4v) is 3.73. The molecule has 2 heterocycles. The number of aryl methyl sites for hydroxylation is 2. The van der Waals surface area contributed by atoms with Gasteiger partial charge < -0.3 is 5.32 Å². The molecule has 0 amide bonds. The summed E-state index contributed by atoms with van der Waals surface area (Å²) in [6.45, 7) is 8.34. The molecule has 1 fully saturated rings. The first kappa shape index (κ1) is 14.7. The van der Waals surface area contributed by atoms with Crippen molar-refractivity contribution < 1.29 is 0 Å². The quantitative estimate of drug-likeness (QED) is 0.813. The largest absolute Gasteiger partial charge is 0.312 e. The minimum absolute atomic E-state index is 0.706. The third kappa shape index (κ3) is 3.50. The Kier molecular flexibility index (Phi) is 4.36. The first-order chi connectivity index (χ1) is 10.2. The van der Waals surface area contributed by atoms with Crippen LogP contribution in [0, 0.1) is 13.8 Å². The van der Waals surface area contributed by atoms with Crippen molar-refractivity contribution in [1.82, 2.24) is 15.3 Å². The van der Waals surface area contributed by atoms with Crippen LogP contribution in [0.25, 0.3) is 10.6 Å². The van der Waals surface area contributed by atoms with Crippen molar-refractivity contribution in [2.24, 2.45) is 0 Å². The predicted octanol–water partition coefficient (Wildman–Crippen LogP) is 4.20. The molecule has 0 radical (unpaired) electrons. The second-order valence-corrected chi connectivity index (χ2v) is 7.00. The average Bonchev–Trinajstić information content (AvgIpc) is 3.19. The molecule has 112 valence electrons. The summed E-state index contributed by atoms with van der Waals surface area (Å²) in [6.07, 6.45) is 3.78. The van der Waals surface area contributed by atoms with Gasteiger partial charge in [-0.2, -0.15) is 0 Å². The molecule has 1 aliphatic carbocycles. The highest BCUT2D eigenvalue weighted by Gasteiger charge is 2.29. The molecule has 0 atom stereocenters. The van der Waals surface area contributed by atoms with Crippen LogP contribution in [-0.4, -0.2) is 16.5 Å². The fraction of sp³-hybridized carbons (Fsp3) is 0.529. The highest BCUT2D eigenvalue weighted by atomic mass is 32.1. The molecule has 4 heteroatoms. The van der Waals surface area contributed by atoms with Crippen LogP contribution in [-0.2, 0) is 6.54 Å². The van der Waals surface area contributed by atoms with Gasteiger partial charge in [0.15, 0.2) is 0 Å². The van der Waals surface area contributed by atoms with E-state index in [1.165, 1.54) is 35.4 Å². The van der Waals surface area contributed by atoms with Crippen LogP contribution in [0.2, 0.25) is 0 Å². The molecule has 2 aromatic rings. The van der Waals surface area contributed by atoms with Gasteiger partial charge in [-0.1, -0.05) is 6.92 Å². The molecule has 2 aromatic heterocycles. The topological polar surface area (TPSA) is 37.8 Å². The van der Waals surface area contributed by atoms with E-state index >= 15 is 0 Å². The maximum absolute atomic E-state index is 4.95. The van der Waals surface area contributed by atoms with Crippen molar-refractivity contribution >= 4 is 11.3 Å². The third-order valence-electron chi connectivity index (χ3n) is 3.73. The van der Waals surface area contributed by atoms with Gasteiger partial charge in [-0.3, -0.25) is 4.98 Å². The Labute approximate surface area is 130 Å². The minimum atomic E-state index is 0.706. The summed E-state index contributed by atoms with van der Waals surface area (Å²) >= 11 is 1.85. The van der Waals surface area contributed by atoms with E-state index in [4.69, 9.17) is 4.98 Å². The monoisotopic (exact) mass is 301 g/mol. The Morgan fingerprint density at radius 2 is 1.90 bits per heavy atom. The third-order valence-corrected chi connectivity index (χ3v) is 4.85. The standard InChI is InChI=1S/C17H23N3S/c1-4-7-18-10-15-16(13-5-6-13)20-17(21-15)14-8-11(2)19-12(3)9-14/h8-9,13,18H,4-7,10H2,1-3H3. The van der Waals surface area contributed by atoms with Crippen molar-refractivity contribution in [2.45, 2.75) is 52.5 Å². The average molecular weight is 301 g/mol. The molecule has 0 saturated heterocycles. The van der Waals surface area contributed by atoms with Crippen LogP contribution in [0.4, 0.5) is 0 Å². The van der Waals surface area contributed by atoms with E-state index in [0.29, 0.717) is 5.92 Å². The summed E-state index contributed by atoms with van der Waals surface area (Å²) in [5, 5.41) is 4.67. The zero-order chi connectivity index (χ0) is 14.8. The van der Waals surface area contributed by atoms with Gasteiger partial charge in [-0.15, -0.1) is 11.3 Å². The predicted molar refractivity (Wildman–Crippen MR) is 88.8 cm³/mol. The molecule has 1 saturated carbocycles. The maximum Gasteiger partial charge on any atom is 0.124 e. The maximum atomic E-state index is 4.95. The second-order valence-electron chi connectivity index (χ2n) is 5.92. The summed E-state index contributed by atoms with van der Waals surface area (Å²) in [4.78, 5) is 10.8. The number of aromatic nitrogens is 2. The van der Waals surface area contributed by atoms with Gasteiger partial charge in [0.25, 0.3) is 0 Å². The second kappa shape index (κ2) is 6.24. The molecule has 3 nitrogen and oxygen atoms in total. The molecule has 1 N–H and O–H groups in total. The van der Waals surface area contributed by atoms with Gasteiger partial charge in [0.05, 0.1) is 5.69 Å². The van der Waals surface area contributed by atoms with Gasteiger partial charge in [0.2, 0.25) is 0 Å². The van der Waals surface area contributed by atoms with E-state index in [2.05, 4.69) is 43.2 Å². The number of rotatable bonds is 6. The van der Waals surface area contributed by atoms with Crippen molar-refractivity contribution in [3.05, 3.63) is 34.1 Å². The van der Waals surface area contributed by atoms with Crippen molar-refractivity contribution in [2.75, 3.05) is 6.54 Å². The molecule has 0 spiro atoms. The lowest BCUT2D eigenvalue weighted by atomic mass is 10.2. The summed E-state index contributed by atoms with van der Waals surface area (Å²) in [5.41, 5.74) is 4.69. The summed E-state index contributed by atoms with van der Waals surface area (Å²) in [5.74, 6) is 0.706. The molecule has 0 unspecified atom stereocenters. The highest BCUT2D eigenvalue weighted by molar-refractivity contribution is 7.15. The van der Waals surface area contributed by atoms with E-state index in [0.717, 1.165) is 29.5 Å². The smallest absolute Gasteiger partial charge is 0.124 e. The Hall–Kier alpha value is -1.26. The molecule has 0 bridgehead atoms. The highest BCUT2D eigenvalue weighted by Crippen LogP contribution is 2.44. The van der Waals surface area contributed by atoms with Crippen molar-refractivity contribution in [3.8, 4) is 10.6 Å². The van der Waals surface area contributed by atoms with E-state index in [1.54, 1.807) is 0 Å². The zero-order valence-corrected chi connectivity index (χ0v) is 13.9. The van der Waals surface area contributed by atoms with Gasteiger partial charge >= 0.3 is 0 Å². The summed E-state index contributed by atoms with van der Waals surface area (Å²) < 4.78 is 0. The van der Waals surface area contributed by atoms with Crippen molar-refractivity contribution in [1.29, 1.82) is 0 Å². The minimum Gasteiger partial charge on any atom is -0.312 e. The molecule has 0 aromatic carbocycles. The lowest BCUT2D eigenvalue weighted by molar-refractivity contribution is 0.676. The normalized spacial score (nSPS) is 14.6. The van der Waals surface area contributed by atoms with Crippen LogP contribution in [0.1, 0.15) is 54.1 Å². The SMILES string of the molecule is CCCNCc1sc(-c2cc(C)nc(C)c2)nc1C1CC1. The van der Waals surface area contributed by atoms with Crippen molar-refractivity contribution in [3.63, 3.8) is 0 Å². The number of hydrogen-bond donors (Lipinski definition) is 1. The lowest BCUT2D eigenvalue weighted by Crippen LogP contribution is -2.13. The van der Waals surface area contributed by atoms with E-state index < -0.39 is 0 Å². The first-order valence-electron chi connectivity index (χ1n) is 7.83. The number of pyridine rings is 1. The van der Waals surface area contributed by atoms with Crippen LogP contribution >= 0.6 is 11.3 Å². The van der Waals surface area contributed by atoms with Gasteiger partial charge in [0.1, 0.15) is 5.01 Å². The van der Waals surface area contributed by atoms with Crippen LogP contribution in [0.5, 0.6) is 0 Å². The fourth-order valence-electron chi connectivity index (χ4n) is 2.63. The molecular formula is C17H23N3S. The Morgan fingerprint density at radius 1 is 1.19 bits per heavy atom. The molecule has 21 heavy (non-hydrogen) atoms. The van der Waals surface area contributed by atoms with Gasteiger partial charge in [0, 0.05) is 34.3 Å². The Bertz CT molecular complexity index is 609. The Morgan fingerprint density at radius 3 is 2.52 bits per heavy atom. The van der Waals surface area contributed by atoms with Crippen LogP contribution < -0.4 is 5.32 Å². The number of nitrogens with one attached hydrogen (secondary N) is 1. The molecule has 1 aliphatic rings.